The van der Waals surface area contributed by atoms with E-state index in [-0.39, 0.29) is 0 Å². The zero-order valence-corrected chi connectivity index (χ0v) is 10.8. The summed E-state index contributed by atoms with van der Waals surface area (Å²) in [5, 5.41) is 5.12. The van der Waals surface area contributed by atoms with Crippen LogP contribution in [0, 0.1) is 13.8 Å². The summed E-state index contributed by atoms with van der Waals surface area (Å²) in [6.07, 6.45) is 0. The number of benzene rings is 1. The van der Waals surface area contributed by atoms with E-state index in [9.17, 15) is 0 Å². The molecular formula is C11H10BrClN2. The van der Waals surface area contributed by atoms with Gasteiger partial charge in [0.2, 0.25) is 0 Å². The lowest BCUT2D eigenvalue weighted by Crippen LogP contribution is -1.98. The van der Waals surface area contributed by atoms with Gasteiger partial charge in [-0.25, -0.2) is 4.68 Å². The van der Waals surface area contributed by atoms with Crippen LogP contribution in [0.4, 0.5) is 0 Å². The second kappa shape index (κ2) is 3.99. The Bertz CT molecular complexity index is 505. The Morgan fingerprint density at radius 3 is 2.60 bits per heavy atom. The summed E-state index contributed by atoms with van der Waals surface area (Å²) in [4.78, 5) is 0. The molecule has 1 heterocycles. The van der Waals surface area contributed by atoms with Gasteiger partial charge < -0.3 is 0 Å². The average molecular weight is 286 g/mol. The molecule has 0 aliphatic heterocycles. The molecule has 0 aliphatic carbocycles. The molecule has 0 radical (unpaired) electrons. The molecule has 0 N–H and O–H groups in total. The number of hydrogen-bond acceptors (Lipinski definition) is 1. The lowest BCUT2D eigenvalue weighted by molar-refractivity contribution is 0.833. The smallest absolute Gasteiger partial charge is 0.0848 e. The predicted octanol–water partition coefficient (Wildman–Crippen LogP) is 3.91. The van der Waals surface area contributed by atoms with Crippen LogP contribution >= 0.6 is 27.5 Å². The summed E-state index contributed by atoms with van der Waals surface area (Å²) in [6, 6.07) is 7.97. The number of nitrogens with zero attached hydrogens (tertiary/aromatic N) is 2. The molecule has 78 valence electrons. The first kappa shape index (κ1) is 10.7. The average Bonchev–Trinajstić information content (AvgIpc) is 2.46. The van der Waals surface area contributed by atoms with Crippen molar-refractivity contribution in [1.82, 2.24) is 9.78 Å². The molecule has 0 bridgehead atoms. The van der Waals surface area contributed by atoms with Crippen molar-refractivity contribution in [2.75, 3.05) is 0 Å². The largest absolute Gasteiger partial charge is 0.236 e. The van der Waals surface area contributed by atoms with E-state index in [0.717, 1.165) is 26.6 Å². The summed E-state index contributed by atoms with van der Waals surface area (Å²) in [5.74, 6) is 0. The number of halogens is 2. The predicted molar refractivity (Wildman–Crippen MR) is 65.7 cm³/mol. The number of hydrogen-bond donors (Lipinski definition) is 0. The number of rotatable bonds is 1. The SMILES string of the molecule is Cc1nn(-c2cccc(Br)c2)c(C)c1Cl. The van der Waals surface area contributed by atoms with E-state index in [1.165, 1.54) is 0 Å². The van der Waals surface area contributed by atoms with Crippen molar-refractivity contribution < 1.29 is 0 Å². The fourth-order valence-electron chi connectivity index (χ4n) is 1.48. The maximum Gasteiger partial charge on any atom is 0.0848 e. The Hall–Kier alpha value is -0.800. The molecule has 15 heavy (non-hydrogen) atoms. The molecule has 0 aliphatic rings. The molecule has 2 nitrogen and oxygen atoms in total. The maximum atomic E-state index is 6.09. The van der Waals surface area contributed by atoms with E-state index >= 15 is 0 Å². The number of aryl methyl sites for hydroxylation is 1. The van der Waals surface area contributed by atoms with Crippen molar-refractivity contribution in [3.63, 3.8) is 0 Å². The normalized spacial score (nSPS) is 10.7. The van der Waals surface area contributed by atoms with Gasteiger partial charge in [0, 0.05) is 4.47 Å². The molecule has 4 heteroatoms. The third-order valence-corrected chi connectivity index (χ3v) is 3.30. The van der Waals surface area contributed by atoms with Crippen LogP contribution in [0.5, 0.6) is 0 Å². The van der Waals surface area contributed by atoms with E-state index in [0.29, 0.717) is 0 Å². The first-order chi connectivity index (χ1) is 7.09. The third kappa shape index (κ3) is 1.94. The van der Waals surface area contributed by atoms with Gasteiger partial charge in [-0.05, 0) is 32.0 Å². The van der Waals surface area contributed by atoms with Crippen molar-refractivity contribution in [3.05, 3.63) is 45.1 Å². The van der Waals surface area contributed by atoms with E-state index < -0.39 is 0 Å². The standard InChI is InChI=1S/C11H10BrClN2/c1-7-11(13)8(2)15(14-7)10-5-3-4-9(12)6-10/h3-6H,1-2H3. The number of aromatic nitrogens is 2. The fourth-order valence-corrected chi connectivity index (χ4v) is 1.99. The van der Waals surface area contributed by atoms with Gasteiger partial charge >= 0.3 is 0 Å². The van der Waals surface area contributed by atoms with Crippen LogP contribution in [0.1, 0.15) is 11.4 Å². The Labute approximate surface area is 102 Å². The minimum absolute atomic E-state index is 0.731. The van der Waals surface area contributed by atoms with Gasteiger partial charge in [0.15, 0.2) is 0 Å². The monoisotopic (exact) mass is 284 g/mol. The molecule has 0 unspecified atom stereocenters. The Morgan fingerprint density at radius 2 is 2.07 bits per heavy atom. The topological polar surface area (TPSA) is 17.8 Å². The minimum atomic E-state index is 0.731. The van der Waals surface area contributed by atoms with Gasteiger partial charge in [-0.2, -0.15) is 5.10 Å². The summed E-state index contributed by atoms with van der Waals surface area (Å²) in [6.45, 7) is 3.87. The molecule has 2 rings (SSSR count). The van der Waals surface area contributed by atoms with Crippen molar-refractivity contribution in [2.24, 2.45) is 0 Å². The van der Waals surface area contributed by atoms with Crippen LogP contribution in [0.2, 0.25) is 5.02 Å². The molecule has 2 aromatic rings. The molecule has 0 saturated carbocycles. The summed E-state index contributed by atoms with van der Waals surface area (Å²) >= 11 is 9.53. The summed E-state index contributed by atoms with van der Waals surface area (Å²) < 4.78 is 2.88. The second-order valence-corrected chi connectivity index (χ2v) is 4.67. The maximum absolute atomic E-state index is 6.09. The highest BCUT2D eigenvalue weighted by atomic mass is 79.9. The van der Waals surface area contributed by atoms with Crippen LogP contribution in [-0.2, 0) is 0 Å². The van der Waals surface area contributed by atoms with Gasteiger partial charge in [0.05, 0.1) is 22.1 Å². The quantitative estimate of drug-likeness (QED) is 0.777. The lowest BCUT2D eigenvalue weighted by atomic mass is 10.3. The first-order valence-electron chi connectivity index (χ1n) is 4.57. The first-order valence-corrected chi connectivity index (χ1v) is 5.74. The van der Waals surface area contributed by atoms with Crippen molar-refractivity contribution >= 4 is 27.5 Å². The van der Waals surface area contributed by atoms with Gasteiger partial charge in [0.1, 0.15) is 0 Å². The van der Waals surface area contributed by atoms with E-state index in [1.54, 1.807) is 0 Å². The van der Waals surface area contributed by atoms with Crippen LogP contribution < -0.4 is 0 Å². The highest BCUT2D eigenvalue weighted by molar-refractivity contribution is 9.10. The van der Waals surface area contributed by atoms with Gasteiger partial charge in [-0.15, -0.1) is 0 Å². The molecule has 0 fully saturated rings. The van der Waals surface area contributed by atoms with Crippen LogP contribution in [0.25, 0.3) is 5.69 Å². The van der Waals surface area contributed by atoms with Gasteiger partial charge in [-0.1, -0.05) is 33.6 Å². The minimum Gasteiger partial charge on any atom is -0.236 e. The fraction of sp³-hybridized carbons (Fsp3) is 0.182. The van der Waals surface area contributed by atoms with Crippen LogP contribution in [-0.4, -0.2) is 9.78 Å². The Balaban J connectivity index is 2.59. The third-order valence-electron chi connectivity index (χ3n) is 2.26. The highest BCUT2D eigenvalue weighted by Gasteiger charge is 2.10. The van der Waals surface area contributed by atoms with Crippen LogP contribution in [0.3, 0.4) is 0 Å². The van der Waals surface area contributed by atoms with Crippen molar-refractivity contribution in [1.29, 1.82) is 0 Å². The van der Waals surface area contributed by atoms with Crippen molar-refractivity contribution in [2.45, 2.75) is 13.8 Å². The van der Waals surface area contributed by atoms with Crippen molar-refractivity contribution in [3.8, 4) is 5.69 Å². The Morgan fingerprint density at radius 1 is 1.33 bits per heavy atom. The zero-order chi connectivity index (χ0) is 11.0. The molecule has 0 saturated heterocycles. The summed E-state index contributed by atoms with van der Waals surface area (Å²) in [7, 11) is 0. The van der Waals surface area contributed by atoms with Gasteiger partial charge in [-0.3, -0.25) is 0 Å². The second-order valence-electron chi connectivity index (χ2n) is 3.38. The van der Waals surface area contributed by atoms with Gasteiger partial charge in [0.25, 0.3) is 0 Å². The molecular weight excluding hydrogens is 275 g/mol. The lowest BCUT2D eigenvalue weighted by Gasteiger charge is -2.04. The van der Waals surface area contributed by atoms with E-state index in [4.69, 9.17) is 11.6 Å². The molecule has 1 aromatic heterocycles. The van der Waals surface area contributed by atoms with E-state index in [1.807, 2.05) is 42.8 Å². The Kier molecular flexibility index (Phi) is 2.85. The summed E-state index contributed by atoms with van der Waals surface area (Å²) in [5.41, 5.74) is 2.83. The highest BCUT2D eigenvalue weighted by Crippen LogP contribution is 2.23. The molecule has 1 aromatic carbocycles. The molecule has 0 atom stereocenters. The van der Waals surface area contributed by atoms with Crippen LogP contribution in [0.15, 0.2) is 28.7 Å². The molecule has 0 amide bonds. The van der Waals surface area contributed by atoms with E-state index in [2.05, 4.69) is 21.0 Å². The molecule has 0 spiro atoms. The zero-order valence-electron chi connectivity index (χ0n) is 8.46.